The van der Waals surface area contributed by atoms with Crippen molar-refractivity contribution >= 4 is 25.5 Å². The first kappa shape index (κ1) is 12.4. The van der Waals surface area contributed by atoms with E-state index < -0.39 is 14.5 Å². The van der Waals surface area contributed by atoms with Crippen LogP contribution in [0.1, 0.15) is 40.0 Å². The van der Waals surface area contributed by atoms with Crippen molar-refractivity contribution in [3.8, 4) is 0 Å². The van der Waals surface area contributed by atoms with Crippen LogP contribution in [0, 0.1) is 16.2 Å². The Morgan fingerprint density at radius 2 is 1.81 bits per heavy atom. The fourth-order valence-electron chi connectivity index (χ4n) is 3.64. The molecule has 16 heavy (non-hydrogen) atoms. The highest BCUT2D eigenvalue weighted by Crippen LogP contribution is 2.70. The predicted molar refractivity (Wildman–Crippen MR) is 62.8 cm³/mol. The highest BCUT2D eigenvalue weighted by Gasteiger charge is 2.70. The third-order valence-electron chi connectivity index (χ3n) is 5.31. The Kier molecular flexibility index (Phi) is 2.33. The van der Waals surface area contributed by atoms with Crippen LogP contribution in [0.15, 0.2) is 0 Å². The number of ketones is 1. The lowest BCUT2D eigenvalue weighted by Gasteiger charge is -2.39. The molecule has 2 aliphatic rings. The van der Waals surface area contributed by atoms with Gasteiger partial charge in [-0.3, -0.25) is 4.79 Å². The zero-order valence-electron chi connectivity index (χ0n) is 9.84. The van der Waals surface area contributed by atoms with E-state index in [9.17, 15) is 13.2 Å². The number of carbonyl (C=O) groups is 1. The molecule has 2 aliphatic carbocycles. The molecule has 2 bridgehead atoms. The topological polar surface area (TPSA) is 51.2 Å². The highest BCUT2D eigenvalue weighted by molar-refractivity contribution is 8.13. The quantitative estimate of drug-likeness (QED) is 0.720. The number of fused-ring (bicyclic) bond motifs is 2. The van der Waals surface area contributed by atoms with E-state index in [0.717, 1.165) is 6.42 Å². The molecule has 0 aromatic heterocycles. The summed E-state index contributed by atoms with van der Waals surface area (Å²) in [6, 6.07) is 0. The van der Waals surface area contributed by atoms with Crippen LogP contribution in [-0.2, 0) is 13.8 Å². The zero-order valence-corrected chi connectivity index (χ0v) is 11.4. The molecule has 2 saturated carbocycles. The fourth-order valence-corrected chi connectivity index (χ4v) is 5.45. The lowest BCUT2D eigenvalue weighted by Crippen LogP contribution is -2.42. The largest absolute Gasteiger partial charge is 0.299 e. The first-order valence-corrected chi connectivity index (χ1v) is 7.98. The van der Waals surface area contributed by atoms with Gasteiger partial charge in [0.1, 0.15) is 5.78 Å². The average Bonchev–Trinajstić information content (AvgIpc) is 2.30. The van der Waals surface area contributed by atoms with Crippen molar-refractivity contribution in [3.63, 3.8) is 0 Å². The van der Waals surface area contributed by atoms with Crippen molar-refractivity contribution in [2.45, 2.75) is 40.0 Å². The van der Waals surface area contributed by atoms with E-state index in [2.05, 4.69) is 6.92 Å². The molecule has 92 valence electrons. The van der Waals surface area contributed by atoms with E-state index in [1.807, 2.05) is 13.8 Å². The molecule has 2 rings (SSSR count). The van der Waals surface area contributed by atoms with Crippen molar-refractivity contribution in [2.75, 3.05) is 5.75 Å². The summed E-state index contributed by atoms with van der Waals surface area (Å²) in [5.74, 6) is -0.126. The van der Waals surface area contributed by atoms with Crippen LogP contribution in [0.25, 0.3) is 0 Å². The second-order valence-corrected chi connectivity index (χ2v) is 8.83. The highest BCUT2D eigenvalue weighted by atomic mass is 35.7. The Hall–Kier alpha value is -0.0900. The number of carbonyl (C=O) groups excluding carboxylic acids is 1. The maximum atomic E-state index is 12.1. The van der Waals surface area contributed by atoms with Crippen molar-refractivity contribution in [3.05, 3.63) is 0 Å². The SMILES string of the molecule is CC1(C)[C@]2(C)CC[C@@]1(CS(=O)(=O)Cl)C(=O)C2. The van der Waals surface area contributed by atoms with E-state index >= 15 is 0 Å². The van der Waals surface area contributed by atoms with Crippen molar-refractivity contribution in [1.29, 1.82) is 0 Å². The third-order valence-corrected chi connectivity index (χ3v) is 6.48. The Morgan fingerprint density at radius 1 is 1.25 bits per heavy atom. The van der Waals surface area contributed by atoms with Gasteiger partial charge in [-0.15, -0.1) is 0 Å². The molecule has 3 nitrogen and oxygen atoms in total. The van der Waals surface area contributed by atoms with E-state index in [1.54, 1.807) is 0 Å². The van der Waals surface area contributed by atoms with Gasteiger partial charge in [-0.2, -0.15) is 0 Å². The molecule has 0 saturated heterocycles. The molecule has 0 aliphatic heterocycles. The molecule has 0 amide bonds. The predicted octanol–water partition coefficient (Wildman–Crippen LogP) is 2.34. The molecule has 0 unspecified atom stereocenters. The second kappa shape index (κ2) is 3.02. The number of hydrogen-bond donors (Lipinski definition) is 0. The lowest BCUT2D eigenvalue weighted by molar-refractivity contribution is -0.128. The average molecular weight is 265 g/mol. The number of rotatable bonds is 2. The van der Waals surface area contributed by atoms with Gasteiger partial charge in [-0.1, -0.05) is 20.8 Å². The van der Waals surface area contributed by atoms with Crippen LogP contribution in [-0.4, -0.2) is 20.0 Å². The van der Waals surface area contributed by atoms with Crippen molar-refractivity contribution in [1.82, 2.24) is 0 Å². The van der Waals surface area contributed by atoms with E-state index in [1.165, 1.54) is 0 Å². The summed E-state index contributed by atoms with van der Waals surface area (Å²) in [6.45, 7) is 6.10. The minimum absolute atomic E-state index is 0.0638. The lowest BCUT2D eigenvalue weighted by atomic mass is 9.66. The standard InChI is InChI=1S/C11H17ClO3S/c1-9(2)10(3)4-5-11(9,8(13)6-10)7-16(12,14)15/h4-7H2,1-3H3/t10-,11-/m1/s1. The summed E-state index contributed by atoms with van der Waals surface area (Å²) >= 11 is 0. The number of halogens is 1. The molecule has 0 N–H and O–H groups in total. The third kappa shape index (κ3) is 1.32. The zero-order chi connectivity index (χ0) is 12.4. The summed E-state index contributed by atoms with van der Waals surface area (Å²) in [5.41, 5.74) is -1.09. The summed E-state index contributed by atoms with van der Waals surface area (Å²) in [5, 5.41) is 0. The Labute approximate surface area is 101 Å². The van der Waals surface area contributed by atoms with Gasteiger partial charge in [0.05, 0.1) is 5.75 Å². The molecule has 0 radical (unpaired) electrons. The van der Waals surface area contributed by atoms with E-state index in [4.69, 9.17) is 10.7 Å². The maximum Gasteiger partial charge on any atom is 0.233 e. The Balaban J connectivity index is 2.52. The van der Waals surface area contributed by atoms with Crippen LogP contribution in [0.5, 0.6) is 0 Å². The van der Waals surface area contributed by atoms with Crippen LogP contribution < -0.4 is 0 Å². The van der Waals surface area contributed by atoms with Crippen molar-refractivity contribution in [2.24, 2.45) is 16.2 Å². The minimum atomic E-state index is -3.63. The minimum Gasteiger partial charge on any atom is -0.299 e. The van der Waals surface area contributed by atoms with Gasteiger partial charge in [-0.25, -0.2) is 8.42 Å². The van der Waals surface area contributed by atoms with Gasteiger partial charge in [0.25, 0.3) is 0 Å². The van der Waals surface area contributed by atoms with Gasteiger partial charge in [-0.05, 0) is 23.7 Å². The summed E-state index contributed by atoms with van der Waals surface area (Å²) in [7, 11) is 1.73. The number of Topliss-reactive ketones (excluding diaryl/α,β-unsaturated/α-hetero) is 1. The van der Waals surface area contributed by atoms with Gasteiger partial charge >= 0.3 is 0 Å². The van der Waals surface area contributed by atoms with Crippen molar-refractivity contribution < 1.29 is 13.2 Å². The van der Waals surface area contributed by atoms with Gasteiger partial charge in [0, 0.05) is 22.5 Å². The molecular weight excluding hydrogens is 248 g/mol. The summed E-state index contributed by atoms with van der Waals surface area (Å²) < 4.78 is 22.6. The number of hydrogen-bond acceptors (Lipinski definition) is 3. The normalized spacial score (nSPS) is 41.6. The van der Waals surface area contributed by atoms with Gasteiger partial charge in [0.2, 0.25) is 9.05 Å². The molecule has 0 spiro atoms. The van der Waals surface area contributed by atoms with Crippen LogP contribution in [0.2, 0.25) is 0 Å². The molecular formula is C11H17ClO3S. The molecule has 0 heterocycles. The fraction of sp³-hybridized carbons (Fsp3) is 0.909. The Morgan fingerprint density at radius 3 is 2.12 bits per heavy atom. The maximum absolute atomic E-state index is 12.1. The Bertz CT molecular complexity index is 454. The molecule has 2 atom stereocenters. The van der Waals surface area contributed by atoms with Crippen LogP contribution in [0.4, 0.5) is 0 Å². The van der Waals surface area contributed by atoms with E-state index in [0.29, 0.717) is 12.8 Å². The molecule has 2 fully saturated rings. The van der Waals surface area contributed by atoms with Crippen LogP contribution >= 0.6 is 10.7 Å². The van der Waals surface area contributed by atoms with Crippen LogP contribution in [0.3, 0.4) is 0 Å². The monoisotopic (exact) mass is 264 g/mol. The smallest absolute Gasteiger partial charge is 0.233 e. The van der Waals surface area contributed by atoms with E-state index in [-0.39, 0.29) is 22.4 Å². The molecule has 0 aromatic carbocycles. The van der Waals surface area contributed by atoms with Gasteiger partial charge in [0.15, 0.2) is 0 Å². The first-order valence-electron chi connectivity index (χ1n) is 5.50. The molecule has 5 heteroatoms. The second-order valence-electron chi connectivity index (χ2n) is 6.05. The first-order chi connectivity index (χ1) is 7.04. The summed E-state index contributed by atoms with van der Waals surface area (Å²) in [4.78, 5) is 12.1. The summed E-state index contributed by atoms with van der Waals surface area (Å²) in [6.07, 6.45) is 2.06. The van der Waals surface area contributed by atoms with Gasteiger partial charge < -0.3 is 0 Å². The molecule has 0 aromatic rings.